The first kappa shape index (κ1) is 17.5. The van der Waals surface area contributed by atoms with Crippen molar-refractivity contribution in [2.75, 3.05) is 14.2 Å². The summed E-state index contributed by atoms with van der Waals surface area (Å²) < 4.78 is 21.8. The smallest absolute Gasteiger partial charge is 0.296 e. The number of nitrogens with one attached hydrogen (secondary N) is 1. The topological polar surface area (TPSA) is 115 Å². The monoisotopic (exact) mass is 356 g/mol. The number of nitriles is 1. The molecular formula is C18H20N4O4. The molecular weight excluding hydrogens is 336 g/mol. The minimum absolute atomic E-state index is 0.00603. The molecule has 1 aliphatic rings. The number of aromatic amines is 1. The predicted octanol–water partition coefficient (Wildman–Crippen LogP) is 2.43. The molecule has 2 aromatic rings. The molecule has 0 spiro atoms. The summed E-state index contributed by atoms with van der Waals surface area (Å²) in [6.07, 6.45) is 0.00603. The quantitative estimate of drug-likeness (QED) is 0.845. The number of imidazole rings is 1. The Bertz CT molecular complexity index is 895. The lowest BCUT2D eigenvalue weighted by Crippen LogP contribution is -2.21. The highest BCUT2D eigenvalue weighted by atomic mass is 16.5. The van der Waals surface area contributed by atoms with E-state index in [-0.39, 0.29) is 29.5 Å². The summed E-state index contributed by atoms with van der Waals surface area (Å²) in [5.74, 6) is 0.996. The molecule has 0 saturated heterocycles. The summed E-state index contributed by atoms with van der Waals surface area (Å²) in [6, 6.07) is 7.88. The van der Waals surface area contributed by atoms with Crippen LogP contribution >= 0.6 is 0 Å². The van der Waals surface area contributed by atoms with Crippen LogP contribution in [0.4, 0.5) is 0 Å². The molecule has 0 aliphatic carbocycles. The molecule has 1 atom stereocenters. The Hall–Kier alpha value is -3.34. The number of methoxy groups -OCH3 is 2. The summed E-state index contributed by atoms with van der Waals surface area (Å²) in [7, 11) is 3.05. The maximum absolute atomic E-state index is 9.59. The molecule has 8 nitrogen and oxygen atoms in total. The van der Waals surface area contributed by atoms with Gasteiger partial charge in [0, 0.05) is 0 Å². The Labute approximate surface area is 151 Å². The van der Waals surface area contributed by atoms with E-state index in [4.69, 9.17) is 24.7 Å². The Balaban J connectivity index is 2.12. The van der Waals surface area contributed by atoms with Crippen LogP contribution in [0, 0.1) is 11.3 Å². The molecule has 0 unspecified atom stereocenters. The summed E-state index contributed by atoms with van der Waals surface area (Å²) in [5.41, 5.74) is 7.59. The van der Waals surface area contributed by atoms with Crippen LogP contribution in [0.25, 0.3) is 0 Å². The van der Waals surface area contributed by atoms with Crippen LogP contribution in [-0.4, -0.2) is 30.3 Å². The molecule has 3 N–H and O–H groups in total. The van der Waals surface area contributed by atoms with Crippen molar-refractivity contribution >= 4 is 0 Å². The van der Waals surface area contributed by atoms with Crippen molar-refractivity contribution in [2.45, 2.75) is 25.9 Å². The van der Waals surface area contributed by atoms with Gasteiger partial charge in [0.15, 0.2) is 11.5 Å². The third-order valence-corrected chi connectivity index (χ3v) is 3.92. The molecule has 1 aromatic heterocycles. The van der Waals surface area contributed by atoms with Gasteiger partial charge in [-0.1, -0.05) is 6.07 Å². The molecule has 0 amide bonds. The maximum Gasteiger partial charge on any atom is 0.296 e. The normalized spacial score (nSPS) is 15.9. The van der Waals surface area contributed by atoms with Gasteiger partial charge < -0.3 is 29.7 Å². The number of allylic oxidation sites excluding steroid dienone is 1. The average Bonchev–Trinajstić information content (AvgIpc) is 3.03. The van der Waals surface area contributed by atoms with Crippen molar-refractivity contribution in [2.24, 2.45) is 5.73 Å². The van der Waals surface area contributed by atoms with Gasteiger partial charge in [-0.05, 0) is 31.5 Å². The Morgan fingerprint density at radius 1 is 1.27 bits per heavy atom. The summed E-state index contributed by atoms with van der Waals surface area (Å²) in [6.45, 7) is 3.87. The van der Waals surface area contributed by atoms with E-state index >= 15 is 0 Å². The van der Waals surface area contributed by atoms with Gasteiger partial charge in [0.25, 0.3) is 6.01 Å². The van der Waals surface area contributed by atoms with Crippen LogP contribution in [0.1, 0.15) is 31.0 Å². The van der Waals surface area contributed by atoms with Gasteiger partial charge in [-0.2, -0.15) is 10.2 Å². The first-order chi connectivity index (χ1) is 12.5. The van der Waals surface area contributed by atoms with Crippen LogP contribution in [0.2, 0.25) is 0 Å². The van der Waals surface area contributed by atoms with Crippen LogP contribution < -0.4 is 24.7 Å². The van der Waals surface area contributed by atoms with E-state index in [1.54, 1.807) is 7.11 Å². The molecule has 136 valence electrons. The van der Waals surface area contributed by atoms with Crippen molar-refractivity contribution < 1.29 is 18.9 Å². The molecule has 1 aromatic carbocycles. The summed E-state index contributed by atoms with van der Waals surface area (Å²) >= 11 is 0. The molecule has 26 heavy (non-hydrogen) atoms. The first-order valence-corrected chi connectivity index (χ1v) is 8.04. The van der Waals surface area contributed by atoms with Crippen molar-refractivity contribution in [1.82, 2.24) is 9.97 Å². The van der Waals surface area contributed by atoms with Crippen molar-refractivity contribution in [3.63, 3.8) is 0 Å². The van der Waals surface area contributed by atoms with E-state index in [0.29, 0.717) is 17.2 Å². The number of nitrogens with two attached hydrogens (primary N) is 1. The van der Waals surface area contributed by atoms with Crippen LogP contribution in [0.3, 0.4) is 0 Å². The van der Waals surface area contributed by atoms with Crippen molar-refractivity contribution in [3.8, 4) is 29.5 Å². The third kappa shape index (κ3) is 2.99. The van der Waals surface area contributed by atoms with E-state index in [1.165, 1.54) is 7.11 Å². The minimum atomic E-state index is -0.484. The third-order valence-electron chi connectivity index (χ3n) is 3.92. The molecule has 8 heteroatoms. The minimum Gasteiger partial charge on any atom is -0.493 e. The fourth-order valence-electron chi connectivity index (χ4n) is 2.83. The highest BCUT2D eigenvalue weighted by Gasteiger charge is 2.34. The van der Waals surface area contributed by atoms with E-state index in [1.807, 2.05) is 32.0 Å². The molecule has 0 saturated carbocycles. The number of aromatic nitrogens is 2. The highest BCUT2D eigenvalue weighted by molar-refractivity contribution is 5.55. The second kappa shape index (κ2) is 6.88. The van der Waals surface area contributed by atoms with E-state index in [0.717, 1.165) is 5.56 Å². The lowest BCUT2D eigenvalue weighted by atomic mass is 9.87. The van der Waals surface area contributed by atoms with Gasteiger partial charge in [0.2, 0.25) is 11.8 Å². The summed E-state index contributed by atoms with van der Waals surface area (Å²) in [4.78, 5) is 7.21. The predicted molar refractivity (Wildman–Crippen MR) is 93.2 cm³/mol. The molecule has 3 rings (SSSR count). The molecule has 0 bridgehead atoms. The number of H-pyrrole nitrogens is 1. The van der Waals surface area contributed by atoms with Crippen molar-refractivity contribution in [1.29, 1.82) is 5.26 Å². The van der Waals surface area contributed by atoms with Gasteiger partial charge in [-0.25, -0.2) is 0 Å². The number of hydrogen-bond donors (Lipinski definition) is 2. The number of rotatable bonds is 5. The highest BCUT2D eigenvalue weighted by Crippen LogP contribution is 2.43. The first-order valence-electron chi connectivity index (χ1n) is 8.04. The molecule has 2 heterocycles. The van der Waals surface area contributed by atoms with E-state index in [2.05, 4.69) is 16.0 Å². The lowest BCUT2D eigenvalue weighted by molar-refractivity contribution is 0.230. The zero-order valence-electron chi connectivity index (χ0n) is 15.0. The second-order valence-corrected chi connectivity index (χ2v) is 5.97. The van der Waals surface area contributed by atoms with Gasteiger partial charge in [-0.15, -0.1) is 0 Å². The number of benzene rings is 1. The zero-order chi connectivity index (χ0) is 18.8. The van der Waals surface area contributed by atoms with Gasteiger partial charge in [0.05, 0.1) is 31.9 Å². The van der Waals surface area contributed by atoms with Crippen LogP contribution in [-0.2, 0) is 0 Å². The molecule has 1 aliphatic heterocycles. The van der Waals surface area contributed by atoms with E-state index in [9.17, 15) is 5.26 Å². The van der Waals surface area contributed by atoms with Gasteiger partial charge in [0.1, 0.15) is 11.6 Å². The standard InChI is InChI=1S/C18H20N4O4/c1-9(2)25-12-6-5-10(7-13(12)23-3)14-11(8-19)16(20)26-17-15(14)21-18(22-17)24-4/h5-7,9,14H,20H2,1-4H3,(H,21,22)/t14-/m0/s1. The largest absolute Gasteiger partial charge is 0.493 e. The fourth-order valence-corrected chi connectivity index (χ4v) is 2.83. The molecule has 0 radical (unpaired) electrons. The van der Waals surface area contributed by atoms with Crippen LogP contribution in [0.15, 0.2) is 29.7 Å². The Morgan fingerprint density at radius 3 is 2.65 bits per heavy atom. The number of hydrogen-bond acceptors (Lipinski definition) is 7. The second-order valence-electron chi connectivity index (χ2n) is 5.97. The number of ether oxygens (including phenoxy) is 4. The fraction of sp³-hybridized carbons (Fsp3) is 0.333. The number of fused-ring (bicyclic) bond motifs is 1. The maximum atomic E-state index is 9.59. The zero-order valence-corrected chi connectivity index (χ0v) is 15.0. The molecule has 0 fully saturated rings. The van der Waals surface area contributed by atoms with Crippen molar-refractivity contribution in [3.05, 3.63) is 40.9 Å². The lowest BCUT2D eigenvalue weighted by Gasteiger charge is -2.23. The SMILES string of the molecule is COc1nc2c([nH]1)[C@@H](c1ccc(OC(C)C)c(OC)c1)C(C#N)=C(N)O2. The Kier molecular flexibility index (Phi) is 4.63. The van der Waals surface area contributed by atoms with E-state index < -0.39 is 5.92 Å². The Morgan fingerprint density at radius 2 is 2.04 bits per heavy atom. The van der Waals surface area contributed by atoms with Gasteiger partial charge >= 0.3 is 0 Å². The van der Waals surface area contributed by atoms with Gasteiger partial charge in [-0.3, -0.25) is 0 Å². The number of nitrogens with zero attached hydrogens (tertiary/aromatic N) is 2. The summed E-state index contributed by atoms with van der Waals surface area (Å²) in [5, 5.41) is 9.59. The van der Waals surface area contributed by atoms with Crippen LogP contribution in [0.5, 0.6) is 23.4 Å². The average molecular weight is 356 g/mol.